The number of azide groups is 1. The maximum absolute atomic E-state index is 14.2. The Morgan fingerprint density at radius 2 is 1.38 bits per heavy atom. The molecule has 0 aliphatic carbocycles. The number of aliphatic hydroxyl groups is 4. The fourth-order valence-electron chi connectivity index (χ4n) is 4.13. The second kappa shape index (κ2) is 12.2. The first-order valence-corrected chi connectivity index (χ1v) is 11.5. The lowest BCUT2D eigenvalue weighted by molar-refractivity contribution is -0.122. The number of aromatic nitrogens is 4. The van der Waals surface area contributed by atoms with Crippen molar-refractivity contribution in [3.63, 3.8) is 0 Å². The molecule has 2 aromatic rings. The topological polar surface area (TPSA) is 296 Å². The van der Waals surface area contributed by atoms with Crippen molar-refractivity contribution in [2.24, 2.45) is 10.8 Å². The molecule has 10 N–H and O–H groups in total. The highest BCUT2D eigenvalue weighted by Crippen LogP contribution is 2.39. The highest BCUT2D eigenvalue weighted by molar-refractivity contribution is 5.24. The summed E-state index contributed by atoms with van der Waals surface area (Å²) in [6.45, 7) is -2.24. The van der Waals surface area contributed by atoms with Crippen molar-refractivity contribution >= 4 is 11.6 Å². The van der Waals surface area contributed by atoms with Crippen LogP contribution in [-0.4, -0.2) is 102 Å². The quantitative estimate of drug-likeness (QED) is 0.0977. The van der Waals surface area contributed by atoms with E-state index in [4.69, 9.17) is 32.2 Å². The van der Waals surface area contributed by atoms with Crippen LogP contribution >= 0.6 is 0 Å². The number of nitrogen functional groups attached to an aromatic ring is 2. The van der Waals surface area contributed by atoms with E-state index < -0.39 is 79.3 Å². The SMILES string of the molecule is NC[C@]1(CO)O[C@@H](n2ccc(N)nc2=O)[C@H](F)[C@@H]1O.[N-]=[N+]=NC[C@]1(CO)O[C@@H](n2ccc(N)nc2=O)[C@H](F)[C@@H]1O. The molecule has 20 heteroatoms. The number of hydrogen-bond acceptors (Lipinski definition) is 14. The third kappa shape index (κ3) is 5.60. The van der Waals surface area contributed by atoms with Crippen molar-refractivity contribution < 1.29 is 38.7 Å². The van der Waals surface area contributed by atoms with Gasteiger partial charge in [-0.3, -0.25) is 9.13 Å². The maximum atomic E-state index is 14.2. The highest BCUT2D eigenvalue weighted by atomic mass is 19.1. The predicted molar refractivity (Wildman–Crippen MR) is 131 cm³/mol. The predicted octanol–water partition coefficient (Wildman–Crippen LogP) is -3.16. The van der Waals surface area contributed by atoms with Gasteiger partial charge in [-0.05, 0) is 17.7 Å². The molecule has 0 aromatic carbocycles. The van der Waals surface area contributed by atoms with Gasteiger partial charge in [0.1, 0.15) is 35.0 Å². The minimum atomic E-state index is -2.02. The van der Waals surface area contributed by atoms with Gasteiger partial charge in [0, 0.05) is 23.9 Å². The van der Waals surface area contributed by atoms with Crippen molar-refractivity contribution in [3.8, 4) is 0 Å². The van der Waals surface area contributed by atoms with Gasteiger partial charge in [-0.1, -0.05) is 5.11 Å². The van der Waals surface area contributed by atoms with Crippen LogP contribution in [0.3, 0.4) is 0 Å². The third-order valence-corrected chi connectivity index (χ3v) is 6.47. The molecule has 0 spiro atoms. The van der Waals surface area contributed by atoms with Gasteiger partial charge in [0.2, 0.25) is 0 Å². The molecule has 2 fully saturated rings. The summed E-state index contributed by atoms with van der Waals surface area (Å²) < 4.78 is 40.5. The zero-order valence-corrected chi connectivity index (χ0v) is 20.6. The molecule has 2 saturated heterocycles. The van der Waals surface area contributed by atoms with Gasteiger partial charge in [0.25, 0.3) is 0 Å². The second-order valence-corrected chi connectivity index (χ2v) is 8.92. The second-order valence-electron chi connectivity index (χ2n) is 8.92. The molecule has 0 saturated carbocycles. The van der Waals surface area contributed by atoms with Crippen molar-refractivity contribution in [1.29, 1.82) is 0 Å². The summed E-state index contributed by atoms with van der Waals surface area (Å²) in [5.41, 5.74) is 19.2. The Hall–Kier alpha value is -3.75. The Morgan fingerprint density at radius 3 is 1.73 bits per heavy atom. The van der Waals surface area contributed by atoms with Crippen molar-refractivity contribution in [3.05, 3.63) is 55.9 Å². The number of halogens is 2. The van der Waals surface area contributed by atoms with E-state index in [0.717, 1.165) is 15.3 Å². The number of ether oxygens (including phenoxy) is 2. The van der Waals surface area contributed by atoms with E-state index >= 15 is 0 Å². The van der Waals surface area contributed by atoms with E-state index in [0.29, 0.717) is 0 Å². The molecule has 220 valence electrons. The van der Waals surface area contributed by atoms with Crippen LogP contribution in [-0.2, 0) is 9.47 Å². The van der Waals surface area contributed by atoms with E-state index in [-0.39, 0.29) is 18.2 Å². The summed E-state index contributed by atoms with van der Waals surface area (Å²) >= 11 is 0. The number of rotatable bonds is 7. The van der Waals surface area contributed by atoms with Crippen molar-refractivity contribution in [2.45, 2.75) is 48.2 Å². The van der Waals surface area contributed by atoms with Gasteiger partial charge in [-0.2, -0.15) is 9.97 Å². The molecule has 8 atom stereocenters. The Bertz CT molecular complexity index is 1350. The molecule has 0 radical (unpaired) electrons. The molecule has 2 aliphatic heterocycles. The number of nitrogens with two attached hydrogens (primary N) is 3. The molecule has 0 bridgehead atoms. The van der Waals surface area contributed by atoms with Crippen LogP contribution in [0.25, 0.3) is 10.4 Å². The highest BCUT2D eigenvalue weighted by Gasteiger charge is 2.56. The number of nitrogens with zero attached hydrogens (tertiary/aromatic N) is 7. The molecule has 4 heterocycles. The summed E-state index contributed by atoms with van der Waals surface area (Å²) in [6.07, 6.45) is -7.91. The van der Waals surface area contributed by atoms with Gasteiger partial charge in [0.15, 0.2) is 24.8 Å². The molecule has 0 unspecified atom stereocenters. The maximum Gasteiger partial charge on any atom is 0.351 e. The Kier molecular flexibility index (Phi) is 9.38. The summed E-state index contributed by atoms with van der Waals surface area (Å²) in [6, 6.07) is 2.56. The fourth-order valence-corrected chi connectivity index (χ4v) is 4.13. The van der Waals surface area contributed by atoms with Crippen LogP contribution in [0.2, 0.25) is 0 Å². The van der Waals surface area contributed by atoms with Gasteiger partial charge < -0.3 is 47.1 Å². The third-order valence-electron chi connectivity index (χ3n) is 6.47. The minimum Gasteiger partial charge on any atom is -0.393 e. The molecule has 2 aliphatic rings. The zero-order chi connectivity index (χ0) is 29.8. The largest absolute Gasteiger partial charge is 0.393 e. The molecular formula is C20H28F2N10O8. The average Bonchev–Trinajstić information content (AvgIpc) is 3.33. The normalized spacial score (nSPS) is 33.2. The first kappa shape index (κ1) is 30.8. The Morgan fingerprint density at radius 1 is 0.950 bits per heavy atom. The number of aliphatic hydroxyl groups excluding tert-OH is 4. The number of alkyl halides is 2. The monoisotopic (exact) mass is 574 g/mol. The lowest BCUT2D eigenvalue weighted by Gasteiger charge is -2.27. The van der Waals surface area contributed by atoms with Gasteiger partial charge in [-0.25, -0.2) is 18.4 Å². The number of anilines is 2. The Balaban J connectivity index is 0.000000222. The Labute approximate surface area is 222 Å². The minimum absolute atomic E-state index is 0.0116. The summed E-state index contributed by atoms with van der Waals surface area (Å²) in [7, 11) is 0. The van der Waals surface area contributed by atoms with Crippen LogP contribution in [0.5, 0.6) is 0 Å². The van der Waals surface area contributed by atoms with Crippen LogP contribution in [0.4, 0.5) is 20.4 Å². The van der Waals surface area contributed by atoms with Crippen LogP contribution < -0.4 is 28.6 Å². The number of hydrogen-bond donors (Lipinski definition) is 7. The van der Waals surface area contributed by atoms with Crippen LogP contribution in [0.1, 0.15) is 12.5 Å². The first-order valence-electron chi connectivity index (χ1n) is 11.5. The average molecular weight is 575 g/mol. The molecule has 4 rings (SSSR count). The lowest BCUT2D eigenvalue weighted by Crippen LogP contribution is -2.51. The lowest BCUT2D eigenvalue weighted by atomic mass is 9.97. The molecule has 2 aromatic heterocycles. The van der Waals surface area contributed by atoms with Crippen LogP contribution in [0.15, 0.2) is 39.2 Å². The van der Waals surface area contributed by atoms with Gasteiger partial charge >= 0.3 is 11.4 Å². The molecule has 40 heavy (non-hydrogen) atoms. The molecular weight excluding hydrogens is 546 g/mol. The van der Waals surface area contributed by atoms with E-state index in [1.807, 2.05) is 0 Å². The zero-order valence-electron chi connectivity index (χ0n) is 20.6. The van der Waals surface area contributed by atoms with E-state index in [1.54, 1.807) is 0 Å². The summed E-state index contributed by atoms with van der Waals surface area (Å²) in [5, 5.41) is 41.5. The fraction of sp³-hybridized carbons (Fsp3) is 0.600. The molecule has 18 nitrogen and oxygen atoms in total. The van der Waals surface area contributed by atoms with E-state index in [9.17, 15) is 38.8 Å². The van der Waals surface area contributed by atoms with Gasteiger partial charge in [0.05, 0.1) is 19.8 Å². The first-order chi connectivity index (χ1) is 18.9. The standard InChI is InChI=1S/C10H13FN6O4.C10H15FN4O4/c11-6-7(19)10(4-18,3-14-16-13)21-8(6)17-2-1-5(12)15-9(17)20;11-6-7(17)10(3-12,4-16)19-8(6)15-2-1-5(13)14-9(15)18/h1-2,6-8,18-19H,3-4H2,(H2,12,15,20);1-2,6-8,16-17H,3-4,12H2,(H2,13,14,18)/t2*6-,7+,8-,10-/m11/s1. The van der Waals surface area contributed by atoms with Crippen molar-refractivity contribution in [2.75, 3.05) is 37.8 Å². The van der Waals surface area contributed by atoms with E-state index in [2.05, 4.69) is 20.0 Å². The van der Waals surface area contributed by atoms with Crippen LogP contribution in [0, 0.1) is 0 Å². The smallest absolute Gasteiger partial charge is 0.351 e. The summed E-state index contributed by atoms with van der Waals surface area (Å²) in [5.74, 6) is -0.0600. The molecule has 0 amide bonds. The van der Waals surface area contributed by atoms with Gasteiger partial charge in [-0.15, -0.1) is 0 Å². The summed E-state index contributed by atoms with van der Waals surface area (Å²) in [4.78, 5) is 32.7. The van der Waals surface area contributed by atoms with E-state index in [1.165, 1.54) is 18.3 Å². The van der Waals surface area contributed by atoms with Crippen molar-refractivity contribution in [1.82, 2.24) is 19.1 Å².